The lowest BCUT2D eigenvalue weighted by Gasteiger charge is -2.13. The molecular formula is C20H26FN5OS. The Morgan fingerprint density at radius 1 is 1.18 bits per heavy atom. The van der Waals surface area contributed by atoms with Gasteiger partial charge in [-0.3, -0.25) is 9.78 Å². The van der Waals surface area contributed by atoms with Crippen molar-refractivity contribution in [2.45, 2.75) is 19.2 Å². The number of nitrogens with one attached hydrogen (secondary N) is 3. The van der Waals surface area contributed by atoms with Gasteiger partial charge in [-0.15, -0.1) is 0 Å². The predicted molar refractivity (Wildman–Crippen MR) is 113 cm³/mol. The fourth-order valence-corrected chi connectivity index (χ4v) is 3.08. The summed E-state index contributed by atoms with van der Waals surface area (Å²) in [4.78, 5) is 20.5. The molecule has 0 fully saturated rings. The fourth-order valence-electron chi connectivity index (χ4n) is 2.50. The molecule has 2 aromatic rings. The molecule has 1 heterocycles. The van der Waals surface area contributed by atoms with E-state index in [1.165, 1.54) is 12.3 Å². The van der Waals surface area contributed by atoms with Gasteiger partial charge in [-0.05, 0) is 48.6 Å². The zero-order valence-electron chi connectivity index (χ0n) is 16.2. The number of carbonyl (C=O) groups is 1. The second-order valence-electron chi connectivity index (χ2n) is 5.97. The molecule has 8 heteroatoms. The second kappa shape index (κ2) is 12.0. The predicted octanol–water partition coefficient (Wildman–Crippen LogP) is 2.57. The Kier molecular flexibility index (Phi) is 9.27. The van der Waals surface area contributed by atoms with Gasteiger partial charge >= 0.3 is 0 Å². The minimum Gasteiger partial charge on any atom is -0.357 e. The third kappa shape index (κ3) is 7.19. The Hall–Kier alpha value is -2.61. The standard InChI is InChI=1S/C20H26FN5OS/c1-3-23-20(25-10-9-24-19(27)16-5-4-8-22-12-16)26-13-15-6-7-18(21)11-17(15)14-28-2/h4-8,11-12H,3,9-10,13-14H2,1-2H3,(H,24,27)(H2,23,25,26). The molecule has 6 nitrogen and oxygen atoms in total. The van der Waals surface area contributed by atoms with E-state index in [0.717, 1.165) is 23.4 Å². The number of pyridine rings is 1. The summed E-state index contributed by atoms with van der Waals surface area (Å²) in [6.45, 7) is 4.13. The number of aromatic nitrogens is 1. The highest BCUT2D eigenvalue weighted by Gasteiger charge is 2.06. The SMILES string of the molecule is CCNC(=NCc1ccc(F)cc1CSC)NCCNC(=O)c1cccnc1. The van der Waals surface area contributed by atoms with Crippen molar-refractivity contribution in [1.29, 1.82) is 0 Å². The van der Waals surface area contributed by atoms with Gasteiger partial charge in [0.2, 0.25) is 0 Å². The fraction of sp³-hybridized carbons (Fsp3) is 0.350. The van der Waals surface area contributed by atoms with Crippen LogP contribution in [0.15, 0.2) is 47.7 Å². The molecule has 0 saturated heterocycles. The number of aliphatic imine (C=N–C) groups is 1. The lowest BCUT2D eigenvalue weighted by atomic mass is 10.1. The van der Waals surface area contributed by atoms with E-state index in [9.17, 15) is 9.18 Å². The number of rotatable bonds is 9. The number of amides is 1. The number of benzene rings is 1. The molecule has 1 aromatic heterocycles. The first-order valence-electron chi connectivity index (χ1n) is 9.10. The molecule has 1 amide bonds. The van der Waals surface area contributed by atoms with Crippen LogP contribution in [0.3, 0.4) is 0 Å². The van der Waals surface area contributed by atoms with Crippen molar-refractivity contribution in [1.82, 2.24) is 20.9 Å². The highest BCUT2D eigenvalue weighted by molar-refractivity contribution is 7.97. The van der Waals surface area contributed by atoms with E-state index >= 15 is 0 Å². The van der Waals surface area contributed by atoms with Crippen molar-refractivity contribution in [3.63, 3.8) is 0 Å². The molecule has 2 rings (SSSR count). The Labute approximate surface area is 169 Å². The Morgan fingerprint density at radius 2 is 2.00 bits per heavy atom. The molecule has 0 atom stereocenters. The van der Waals surface area contributed by atoms with Gasteiger partial charge in [0.05, 0.1) is 12.1 Å². The maximum absolute atomic E-state index is 13.5. The van der Waals surface area contributed by atoms with Crippen LogP contribution in [0, 0.1) is 5.82 Å². The van der Waals surface area contributed by atoms with Gasteiger partial charge < -0.3 is 16.0 Å². The van der Waals surface area contributed by atoms with Crippen molar-refractivity contribution in [2.75, 3.05) is 25.9 Å². The van der Waals surface area contributed by atoms with Gasteiger partial charge in [0, 0.05) is 37.8 Å². The monoisotopic (exact) mass is 403 g/mol. The van der Waals surface area contributed by atoms with Crippen molar-refractivity contribution in [2.24, 2.45) is 4.99 Å². The van der Waals surface area contributed by atoms with E-state index in [1.54, 1.807) is 42.2 Å². The summed E-state index contributed by atoms with van der Waals surface area (Å²) in [5, 5.41) is 9.20. The number of guanidine groups is 1. The van der Waals surface area contributed by atoms with Crippen LogP contribution < -0.4 is 16.0 Å². The number of nitrogens with zero attached hydrogens (tertiary/aromatic N) is 2. The molecule has 0 aliphatic carbocycles. The van der Waals surface area contributed by atoms with Gasteiger partial charge in [-0.1, -0.05) is 6.07 Å². The minimum absolute atomic E-state index is 0.162. The topological polar surface area (TPSA) is 78.4 Å². The lowest BCUT2D eigenvalue weighted by molar-refractivity contribution is 0.0954. The van der Waals surface area contributed by atoms with Crippen LogP contribution >= 0.6 is 11.8 Å². The molecule has 0 aliphatic rings. The maximum Gasteiger partial charge on any atom is 0.252 e. The van der Waals surface area contributed by atoms with E-state index in [0.29, 0.717) is 31.2 Å². The van der Waals surface area contributed by atoms with Crippen LogP contribution in [0.2, 0.25) is 0 Å². The van der Waals surface area contributed by atoms with Gasteiger partial charge in [0.15, 0.2) is 5.96 Å². The number of halogens is 1. The van der Waals surface area contributed by atoms with Gasteiger partial charge in [0.1, 0.15) is 5.82 Å². The smallest absolute Gasteiger partial charge is 0.252 e. The molecule has 28 heavy (non-hydrogen) atoms. The number of hydrogen-bond donors (Lipinski definition) is 3. The third-order valence-electron chi connectivity index (χ3n) is 3.85. The highest BCUT2D eigenvalue weighted by Crippen LogP contribution is 2.17. The summed E-state index contributed by atoms with van der Waals surface area (Å²) in [5.41, 5.74) is 2.48. The summed E-state index contributed by atoms with van der Waals surface area (Å²) >= 11 is 1.65. The zero-order chi connectivity index (χ0) is 20.2. The summed E-state index contributed by atoms with van der Waals surface area (Å²) in [6, 6.07) is 8.25. The van der Waals surface area contributed by atoms with Crippen LogP contribution in [0.5, 0.6) is 0 Å². The van der Waals surface area contributed by atoms with Gasteiger partial charge in [-0.2, -0.15) is 11.8 Å². The van der Waals surface area contributed by atoms with E-state index < -0.39 is 0 Å². The van der Waals surface area contributed by atoms with Crippen LogP contribution in [-0.2, 0) is 12.3 Å². The van der Waals surface area contributed by atoms with Crippen LogP contribution in [0.1, 0.15) is 28.4 Å². The zero-order valence-corrected chi connectivity index (χ0v) is 17.0. The summed E-state index contributed by atoms with van der Waals surface area (Å²) in [7, 11) is 0. The summed E-state index contributed by atoms with van der Waals surface area (Å²) < 4.78 is 13.5. The largest absolute Gasteiger partial charge is 0.357 e. The van der Waals surface area contributed by atoms with Gasteiger partial charge in [-0.25, -0.2) is 9.38 Å². The highest BCUT2D eigenvalue weighted by atomic mass is 32.2. The number of carbonyl (C=O) groups excluding carboxylic acids is 1. The van der Waals surface area contributed by atoms with Crippen molar-refractivity contribution in [3.8, 4) is 0 Å². The number of thioether (sulfide) groups is 1. The van der Waals surface area contributed by atoms with Crippen molar-refractivity contribution >= 4 is 23.6 Å². The van der Waals surface area contributed by atoms with Crippen LogP contribution in [0.25, 0.3) is 0 Å². The molecule has 0 saturated carbocycles. The molecule has 0 bridgehead atoms. The summed E-state index contributed by atoms with van der Waals surface area (Å²) in [5.74, 6) is 1.00. The summed E-state index contributed by atoms with van der Waals surface area (Å²) in [6.07, 6.45) is 5.15. The normalized spacial score (nSPS) is 11.2. The molecule has 150 valence electrons. The quantitative estimate of drug-likeness (QED) is 0.341. The molecule has 0 spiro atoms. The first kappa shape index (κ1) is 21.7. The molecule has 0 aliphatic heterocycles. The van der Waals surface area contributed by atoms with Crippen LogP contribution in [-0.4, -0.2) is 42.7 Å². The lowest BCUT2D eigenvalue weighted by Crippen LogP contribution is -2.41. The molecule has 1 aromatic carbocycles. The average Bonchev–Trinajstić information content (AvgIpc) is 2.71. The molecule has 3 N–H and O–H groups in total. The first-order valence-corrected chi connectivity index (χ1v) is 10.5. The second-order valence-corrected chi connectivity index (χ2v) is 6.83. The average molecular weight is 404 g/mol. The molecule has 0 unspecified atom stereocenters. The Bertz CT molecular complexity index is 785. The Morgan fingerprint density at radius 3 is 2.71 bits per heavy atom. The Balaban J connectivity index is 1.88. The van der Waals surface area contributed by atoms with E-state index in [-0.39, 0.29) is 11.7 Å². The molecule has 0 radical (unpaired) electrons. The van der Waals surface area contributed by atoms with E-state index in [4.69, 9.17) is 0 Å². The van der Waals surface area contributed by atoms with E-state index in [1.807, 2.05) is 13.2 Å². The van der Waals surface area contributed by atoms with Crippen LogP contribution in [0.4, 0.5) is 4.39 Å². The third-order valence-corrected chi connectivity index (χ3v) is 4.45. The van der Waals surface area contributed by atoms with Gasteiger partial charge in [0.25, 0.3) is 5.91 Å². The van der Waals surface area contributed by atoms with E-state index in [2.05, 4.69) is 25.9 Å². The molecular weight excluding hydrogens is 377 g/mol. The number of hydrogen-bond acceptors (Lipinski definition) is 4. The first-order chi connectivity index (χ1) is 13.6. The minimum atomic E-state index is -0.230. The van der Waals surface area contributed by atoms with Crippen molar-refractivity contribution < 1.29 is 9.18 Å². The maximum atomic E-state index is 13.5. The van der Waals surface area contributed by atoms with Crippen molar-refractivity contribution in [3.05, 3.63) is 65.2 Å².